The third kappa shape index (κ3) is 3.84. The van der Waals surface area contributed by atoms with Crippen molar-refractivity contribution in [2.24, 2.45) is 5.92 Å². The highest BCUT2D eigenvalue weighted by molar-refractivity contribution is 6.30. The molecule has 2 heterocycles. The average Bonchev–Trinajstić information content (AvgIpc) is 3.08. The summed E-state index contributed by atoms with van der Waals surface area (Å²) in [5.74, 6) is 0.689. The zero-order valence-electron chi connectivity index (χ0n) is 14.7. The van der Waals surface area contributed by atoms with Gasteiger partial charge in [0.1, 0.15) is 0 Å². The van der Waals surface area contributed by atoms with Crippen LogP contribution in [0.2, 0.25) is 5.02 Å². The van der Waals surface area contributed by atoms with Gasteiger partial charge in [0.2, 0.25) is 0 Å². The van der Waals surface area contributed by atoms with Gasteiger partial charge in [-0.25, -0.2) is 0 Å². The number of hydrogen-bond donors (Lipinski definition) is 2. The van der Waals surface area contributed by atoms with Gasteiger partial charge in [-0.05, 0) is 55.5 Å². The van der Waals surface area contributed by atoms with Crippen molar-refractivity contribution >= 4 is 28.3 Å². The lowest BCUT2D eigenvalue weighted by Gasteiger charge is -2.30. The van der Waals surface area contributed by atoms with E-state index in [1.54, 1.807) is 0 Å². The van der Waals surface area contributed by atoms with E-state index in [0.717, 1.165) is 47.3 Å². The van der Waals surface area contributed by atoms with Gasteiger partial charge in [-0.1, -0.05) is 41.9 Å². The van der Waals surface area contributed by atoms with Crippen molar-refractivity contribution in [2.75, 3.05) is 6.54 Å². The molecular weight excluding hydrogens is 344 g/mol. The quantitative estimate of drug-likeness (QED) is 0.624. The lowest BCUT2D eigenvalue weighted by molar-refractivity contribution is 0.0948. The molecule has 3 aromatic rings. The van der Waals surface area contributed by atoms with Gasteiger partial charge in [0.25, 0.3) is 0 Å². The Kier molecular flexibility index (Phi) is 5.09. The number of benzene rings is 2. The lowest BCUT2D eigenvalue weighted by atomic mass is 9.85. The maximum absolute atomic E-state index is 12.8. The zero-order valence-corrected chi connectivity index (χ0v) is 15.4. The maximum atomic E-state index is 12.8. The highest BCUT2D eigenvalue weighted by Crippen LogP contribution is 2.26. The fraction of sp³-hybridized carbons (Fsp3) is 0.318. The largest absolute Gasteiger partial charge is 0.360 e. The van der Waals surface area contributed by atoms with E-state index in [2.05, 4.69) is 22.4 Å². The molecule has 2 atom stereocenters. The van der Waals surface area contributed by atoms with Crippen molar-refractivity contribution in [3.05, 3.63) is 70.9 Å². The molecule has 0 aliphatic carbocycles. The molecule has 0 saturated carbocycles. The number of ketones is 1. The highest BCUT2D eigenvalue weighted by atomic mass is 35.5. The smallest absolute Gasteiger partial charge is 0.165 e. The summed E-state index contributed by atoms with van der Waals surface area (Å²) >= 11 is 5.97. The van der Waals surface area contributed by atoms with Crippen molar-refractivity contribution in [1.82, 2.24) is 10.3 Å². The Morgan fingerprint density at radius 1 is 1.12 bits per heavy atom. The van der Waals surface area contributed by atoms with Gasteiger partial charge < -0.3 is 10.3 Å². The number of piperidine rings is 1. The van der Waals surface area contributed by atoms with E-state index in [1.165, 1.54) is 5.56 Å². The van der Waals surface area contributed by atoms with Crippen LogP contribution in [0.4, 0.5) is 0 Å². The zero-order chi connectivity index (χ0) is 17.9. The van der Waals surface area contributed by atoms with Gasteiger partial charge in [-0.2, -0.15) is 0 Å². The summed E-state index contributed by atoms with van der Waals surface area (Å²) in [7, 11) is 0. The minimum atomic E-state index is 0.250. The first-order valence-corrected chi connectivity index (χ1v) is 9.64. The molecular formula is C22H23ClN2O. The van der Waals surface area contributed by atoms with Gasteiger partial charge in [0.05, 0.1) is 0 Å². The molecule has 0 spiro atoms. The molecule has 1 fully saturated rings. The predicted molar refractivity (Wildman–Crippen MR) is 107 cm³/mol. The van der Waals surface area contributed by atoms with Crippen LogP contribution < -0.4 is 5.32 Å². The van der Waals surface area contributed by atoms with Crippen LogP contribution in [0.5, 0.6) is 0 Å². The van der Waals surface area contributed by atoms with E-state index >= 15 is 0 Å². The highest BCUT2D eigenvalue weighted by Gasteiger charge is 2.25. The van der Waals surface area contributed by atoms with Crippen LogP contribution in [-0.2, 0) is 6.42 Å². The fourth-order valence-electron chi connectivity index (χ4n) is 4.02. The Labute approximate surface area is 158 Å². The Morgan fingerprint density at radius 3 is 2.77 bits per heavy atom. The first-order chi connectivity index (χ1) is 12.7. The standard InChI is InChI=1S/C22H23ClN2O/c23-17-7-5-15(6-8-17)11-18-12-16(9-10-24-18)13-22(26)20-14-25-21-4-2-1-3-19(20)21/h1-8,14,16,18,24-25H,9-13H2/t16-,18+/m0/s1. The molecule has 1 saturated heterocycles. The van der Waals surface area contributed by atoms with Crippen LogP contribution in [0.15, 0.2) is 54.7 Å². The fourth-order valence-corrected chi connectivity index (χ4v) is 4.14. The minimum Gasteiger partial charge on any atom is -0.360 e. The van der Waals surface area contributed by atoms with Gasteiger partial charge in [0.15, 0.2) is 5.78 Å². The second kappa shape index (κ2) is 7.65. The van der Waals surface area contributed by atoms with Gasteiger partial charge in [-0.3, -0.25) is 4.79 Å². The van der Waals surface area contributed by atoms with Crippen LogP contribution in [0.3, 0.4) is 0 Å². The number of hydrogen-bond acceptors (Lipinski definition) is 2. The monoisotopic (exact) mass is 366 g/mol. The number of halogens is 1. The number of fused-ring (bicyclic) bond motifs is 1. The first-order valence-electron chi connectivity index (χ1n) is 9.26. The molecule has 3 nitrogen and oxygen atoms in total. The second-order valence-corrected chi connectivity index (χ2v) is 7.68. The molecule has 134 valence electrons. The van der Waals surface area contributed by atoms with Crippen molar-refractivity contribution < 1.29 is 4.79 Å². The molecule has 0 radical (unpaired) electrons. The third-order valence-corrected chi connectivity index (χ3v) is 5.61. The molecule has 2 aromatic carbocycles. The molecule has 26 heavy (non-hydrogen) atoms. The van der Waals surface area contributed by atoms with Crippen molar-refractivity contribution in [2.45, 2.75) is 31.7 Å². The summed E-state index contributed by atoms with van der Waals surface area (Å²) in [6.45, 7) is 0.976. The summed E-state index contributed by atoms with van der Waals surface area (Å²) < 4.78 is 0. The van der Waals surface area contributed by atoms with Crippen LogP contribution in [0.25, 0.3) is 10.9 Å². The minimum absolute atomic E-state index is 0.250. The van der Waals surface area contributed by atoms with Crippen molar-refractivity contribution in [3.63, 3.8) is 0 Å². The topological polar surface area (TPSA) is 44.9 Å². The van der Waals surface area contributed by atoms with Crippen LogP contribution in [0, 0.1) is 5.92 Å². The van der Waals surface area contributed by atoms with Crippen LogP contribution >= 0.6 is 11.6 Å². The van der Waals surface area contributed by atoms with Gasteiger partial charge in [-0.15, -0.1) is 0 Å². The first kappa shape index (κ1) is 17.3. The van der Waals surface area contributed by atoms with E-state index in [0.29, 0.717) is 18.4 Å². The number of para-hydroxylation sites is 1. The summed E-state index contributed by atoms with van der Waals surface area (Å²) in [5.41, 5.74) is 3.14. The molecule has 0 unspecified atom stereocenters. The Hall–Kier alpha value is -2.10. The molecule has 1 aromatic heterocycles. The lowest BCUT2D eigenvalue weighted by Crippen LogP contribution is -2.40. The van der Waals surface area contributed by atoms with E-state index in [1.807, 2.05) is 42.6 Å². The summed E-state index contributed by atoms with van der Waals surface area (Å²) in [4.78, 5) is 16.0. The number of Topliss-reactive ketones (excluding diaryl/α,β-unsaturated/α-hetero) is 1. The van der Waals surface area contributed by atoms with E-state index < -0.39 is 0 Å². The van der Waals surface area contributed by atoms with Crippen molar-refractivity contribution in [3.8, 4) is 0 Å². The number of carbonyl (C=O) groups is 1. The number of aromatic nitrogens is 1. The van der Waals surface area contributed by atoms with E-state index in [4.69, 9.17) is 11.6 Å². The molecule has 4 rings (SSSR count). The molecule has 4 heteroatoms. The number of aromatic amines is 1. The molecule has 1 aliphatic heterocycles. The Balaban J connectivity index is 1.40. The average molecular weight is 367 g/mol. The molecule has 2 N–H and O–H groups in total. The third-order valence-electron chi connectivity index (χ3n) is 5.36. The second-order valence-electron chi connectivity index (χ2n) is 7.25. The molecule has 1 aliphatic rings. The van der Waals surface area contributed by atoms with Gasteiger partial charge >= 0.3 is 0 Å². The molecule has 0 amide bonds. The maximum Gasteiger partial charge on any atom is 0.165 e. The number of rotatable bonds is 5. The molecule has 0 bridgehead atoms. The van der Waals surface area contributed by atoms with Crippen LogP contribution in [-0.4, -0.2) is 23.4 Å². The van der Waals surface area contributed by atoms with E-state index in [-0.39, 0.29) is 5.78 Å². The normalized spacial score (nSPS) is 20.3. The number of carbonyl (C=O) groups excluding carboxylic acids is 1. The summed E-state index contributed by atoms with van der Waals surface area (Å²) in [6, 6.07) is 16.5. The van der Waals surface area contributed by atoms with Crippen molar-refractivity contribution in [1.29, 1.82) is 0 Å². The Bertz CT molecular complexity index is 900. The SMILES string of the molecule is O=C(C[C@H]1CCN[C@H](Cc2ccc(Cl)cc2)C1)c1c[nH]c2ccccc12. The summed E-state index contributed by atoms with van der Waals surface area (Å²) in [6.07, 6.45) is 5.57. The predicted octanol–water partition coefficient (Wildman–Crippen LogP) is 5.01. The number of H-pyrrole nitrogens is 1. The van der Waals surface area contributed by atoms with Gasteiger partial charge in [0, 0.05) is 40.1 Å². The van der Waals surface area contributed by atoms with E-state index in [9.17, 15) is 4.79 Å². The van der Waals surface area contributed by atoms with Crippen LogP contribution in [0.1, 0.15) is 35.2 Å². The Morgan fingerprint density at radius 2 is 1.92 bits per heavy atom. The number of nitrogens with one attached hydrogen (secondary N) is 2. The summed E-state index contributed by atoms with van der Waals surface area (Å²) in [5, 5.41) is 5.40.